The van der Waals surface area contributed by atoms with Crippen LogP contribution < -0.4 is 11.1 Å². The van der Waals surface area contributed by atoms with Crippen LogP contribution in [-0.4, -0.2) is 4.99 Å². The molecule has 0 aliphatic heterocycles. The van der Waals surface area contributed by atoms with Crippen LogP contribution in [-0.2, 0) is 0 Å². The van der Waals surface area contributed by atoms with E-state index in [4.69, 9.17) is 29.6 Å². The largest absolute Gasteiger partial charge is 0.389 e. The third kappa shape index (κ3) is 3.22. The summed E-state index contributed by atoms with van der Waals surface area (Å²) in [6, 6.07) is 13.2. The Hall–Kier alpha value is -1.10. The lowest BCUT2D eigenvalue weighted by molar-refractivity contribution is 1.51. The summed E-state index contributed by atoms with van der Waals surface area (Å²) < 4.78 is 0.949. The molecule has 0 saturated carbocycles. The second-order valence-electron chi connectivity index (χ2n) is 3.69. The number of halogens is 2. The first-order valence-corrected chi connectivity index (χ1v) is 6.76. The smallest absolute Gasteiger partial charge is 0.103 e. The summed E-state index contributed by atoms with van der Waals surface area (Å²) in [7, 11) is 0. The highest BCUT2D eigenvalue weighted by atomic mass is 79.9. The van der Waals surface area contributed by atoms with Gasteiger partial charge in [0, 0.05) is 20.7 Å². The highest BCUT2D eigenvalue weighted by Gasteiger charge is 2.02. The van der Waals surface area contributed by atoms with Crippen molar-refractivity contribution in [3.05, 3.63) is 57.5 Å². The van der Waals surface area contributed by atoms with E-state index in [1.54, 1.807) is 0 Å². The molecule has 0 saturated heterocycles. The second-order valence-corrected chi connectivity index (χ2v) is 5.42. The van der Waals surface area contributed by atoms with Crippen molar-refractivity contribution in [2.75, 3.05) is 5.32 Å². The summed E-state index contributed by atoms with van der Waals surface area (Å²) in [6.45, 7) is 0. The standard InChI is InChI=1S/C13H10BrClN2S/c14-11-6-3-9(15)7-12(11)17-10-4-1-8(2-5-10)13(16)18/h1-7,17H,(H2,16,18). The first-order valence-electron chi connectivity index (χ1n) is 5.18. The highest BCUT2D eigenvalue weighted by molar-refractivity contribution is 9.10. The number of anilines is 2. The van der Waals surface area contributed by atoms with E-state index in [1.807, 2.05) is 42.5 Å². The average molecular weight is 342 g/mol. The predicted molar refractivity (Wildman–Crippen MR) is 84.8 cm³/mol. The number of nitrogens with two attached hydrogens (primary N) is 1. The van der Waals surface area contributed by atoms with Crippen LogP contribution >= 0.6 is 39.7 Å². The Morgan fingerprint density at radius 3 is 2.44 bits per heavy atom. The molecule has 0 radical (unpaired) electrons. The van der Waals surface area contributed by atoms with E-state index >= 15 is 0 Å². The monoisotopic (exact) mass is 340 g/mol. The Morgan fingerprint density at radius 1 is 1.17 bits per heavy atom. The molecule has 0 aromatic heterocycles. The van der Waals surface area contributed by atoms with Gasteiger partial charge in [0.1, 0.15) is 4.99 Å². The fourth-order valence-electron chi connectivity index (χ4n) is 1.47. The van der Waals surface area contributed by atoms with Crippen molar-refractivity contribution in [2.24, 2.45) is 5.73 Å². The molecule has 0 bridgehead atoms. The van der Waals surface area contributed by atoms with E-state index in [1.165, 1.54) is 0 Å². The Labute approximate surface area is 124 Å². The number of thiocarbonyl (C=S) groups is 1. The Balaban J connectivity index is 2.23. The van der Waals surface area contributed by atoms with Gasteiger partial charge in [-0.2, -0.15) is 0 Å². The SMILES string of the molecule is NC(=S)c1ccc(Nc2cc(Cl)ccc2Br)cc1. The molecule has 0 atom stereocenters. The van der Waals surface area contributed by atoms with Gasteiger partial charge in [0.25, 0.3) is 0 Å². The normalized spacial score (nSPS) is 10.1. The fourth-order valence-corrected chi connectivity index (χ4v) is 2.12. The molecular formula is C13H10BrClN2S. The Bertz CT molecular complexity index is 584. The zero-order valence-electron chi connectivity index (χ0n) is 9.28. The van der Waals surface area contributed by atoms with Crippen LogP contribution in [0.3, 0.4) is 0 Å². The van der Waals surface area contributed by atoms with Crippen molar-refractivity contribution in [1.82, 2.24) is 0 Å². The zero-order valence-corrected chi connectivity index (χ0v) is 12.4. The second kappa shape index (κ2) is 5.69. The highest BCUT2D eigenvalue weighted by Crippen LogP contribution is 2.28. The minimum atomic E-state index is 0.394. The van der Waals surface area contributed by atoms with Gasteiger partial charge in [-0.1, -0.05) is 23.8 Å². The van der Waals surface area contributed by atoms with Crippen molar-refractivity contribution < 1.29 is 0 Å². The number of hydrogen-bond donors (Lipinski definition) is 2. The minimum absolute atomic E-state index is 0.394. The third-order valence-corrected chi connectivity index (χ3v) is 3.54. The molecule has 0 amide bonds. The predicted octanol–water partition coefficient (Wildman–Crippen LogP) is 4.48. The quantitative estimate of drug-likeness (QED) is 0.808. The first kappa shape index (κ1) is 13.3. The maximum absolute atomic E-state index is 5.96. The Morgan fingerprint density at radius 2 is 1.83 bits per heavy atom. The van der Waals surface area contributed by atoms with Crippen LogP contribution in [0.1, 0.15) is 5.56 Å². The van der Waals surface area contributed by atoms with Gasteiger partial charge in [0.05, 0.1) is 5.69 Å². The van der Waals surface area contributed by atoms with Crippen LogP contribution in [0.2, 0.25) is 5.02 Å². The van der Waals surface area contributed by atoms with Crippen LogP contribution in [0.4, 0.5) is 11.4 Å². The molecule has 18 heavy (non-hydrogen) atoms. The molecule has 0 aliphatic carbocycles. The lowest BCUT2D eigenvalue weighted by Gasteiger charge is -2.09. The minimum Gasteiger partial charge on any atom is -0.389 e. The maximum atomic E-state index is 5.96. The molecule has 3 N–H and O–H groups in total. The van der Waals surface area contributed by atoms with Crippen molar-refractivity contribution in [1.29, 1.82) is 0 Å². The van der Waals surface area contributed by atoms with E-state index in [0.717, 1.165) is 21.4 Å². The molecule has 0 fully saturated rings. The summed E-state index contributed by atoms with van der Waals surface area (Å²) in [5.41, 5.74) is 8.24. The van der Waals surface area contributed by atoms with Gasteiger partial charge >= 0.3 is 0 Å². The molecule has 0 unspecified atom stereocenters. The van der Waals surface area contributed by atoms with E-state index in [2.05, 4.69) is 21.2 Å². The fraction of sp³-hybridized carbons (Fsp3) is 0. The van der Waals surface area contributed by atoms with Crippen LogP contribution in [0, 0.1) is 0 Å². The molecule has 92 valence electrons. The van der Waals surface area contributed by atoms with Crippen molar-refractivity contribution in [3.8, 4) is 0 Å². The summed E-state index contributed by atoms with van der Waals surface area (Å²) in [5, 5.41) is 3.94. The average Bonchev–Trinajstić information content (AvgIpc) is 2.34. The van der Waals surface area contributed by atoms with Crippen molar-refractivity contribution >= 4 is 56.1 Å². The molecule has 0 heterocycles. The summed E-state index contributed by atoms with van der Waals surface area (Å²) in [4.78, 5) is 0.394. The molecular weight excluding hydrogens is 332 g/mol. The third-order valence-electron chi connectivity index (χ3n) is 2.38. The van der Waals surface area contributed by atoms with E-state index < -0.39 is 0 Å². The van der Waals surface area contributed by atoms with Crippen LogP contribution in [0.5, 0.6) is 0 Å². The molecule has 0 aliphatic rings. The summed E-state index contributed by atoms with van der Waals surface area (Å²) in [5.74, 6) is 0. The van der Waals surface area contributed by atoms with Gasteiger partial charge in [-0.15, -0.1) is 0 Å². The number of nitrogens with one attached hydrogen (secondary N) is 1. The summed E-state index contributed by atoms with van der Waals surface area (Å²) >= 11 is 14.3. The molecule has 2 aromatic rings. The van der Waals surface area contributed by atoms with Gasteiger partial charge in [-0.3, -0.25) is 0 Å². The van der Waals surface area contributed by atoms with E-state index in [9.17, 15) is 0 Å². The number of rotatable bonds is 3. The number of benzene rings is 2. The van der Waals surface area contributed by atoms with Crippen LogP contribution in [0.25, 0.3) is 0 Å². The molecule has 2 rings (SSSR count). The van der Waals surface area contributed by atoms with Crippen molar-refractivity contribution in [3.63, 3.8) is 0 Å². The zero-order chi connectivity index (χ0) is 13.1. The molecule has 2 nitrogen and oxygen atoms in total. The topological polar surface area (TPSA) is 38.0 Å². The van der Waals surface area contributed by atoms with Gasteiger partial charge in [-0.05, 0) is 58.4 Å². The molecule has 0 spiro atoms. The Kier molecular flexibility index (Phi) is 4.22. The molecule has 2 aromatic carbocycles. The van der Waals surface area contributed by atoms with Crippen molar-refractivity contribution in [2.45, 2.75) is 0 Å². The van der Waals surface area contributed by atoms with Gasteiger partial charge in [0.2, 0.25) is 0 Å². The molecule has 5 heteroatoms. The van der Waals surface area contributed by atoms with Gasteiger partial charge in [-0.25, -0.2) is 0 Å². The van der Waals surface area contributed by atoms with Gasteiger partial charge < -0.3 is 11.1 Å². The maximum Gasteiger partial charge on any atom is 0.103 e. The summed E-state index contributed by atoms with van der Waals surface area (Å²) in [6.07, 6.45) is 0. The van der Waals surface area contributed by atoms with E-state index in [-0.39, 0.29) is 0 Å². The lowest BCUT2D eigenvalue weighted by atomic mass is 10.2. The number of hydrogen-bond acceptors (Lipinski definition) is 2. The first-order chi connectivity index (χ1) is 8.56. The lowest BCUT2D eigenvalue weighted by Crippen LogP contribution is -2.08. The van der Waals surface area contributed by atoms with Crippen LogP contribution in [0.15, 0.2) is 46.9 Å². The van der Waals surface area contributed by atoms with Gasteiger partial charge in [0.15, 0.2) is 0 Å². The van der Waals surface area contributed by atoms with E-state index in [0.29, 0.717) is 10.0 Å².